The van der Waals surface area contributed by atoms with Crippen molar-refractivity contribution in [3.63, 3.8) is 0 Å². The zero-order valence-corrected chi connectivity index (χ0v) is 45.1. The van der Waals surface area contributed by atoms with Crippen LogP contribution in [-0.2, 0) is 33.2 Å². The molecule has 3 aliphatic heterocycles. The van der Waals surface area contributed by atoms with Gasteiger partial charge < -0.3 is 89.9 Å². The number of hydrogen-bond donors (Lipinski definition) is 12. The Morgan fingerprint density at radius 3 is 1.27 bits per heavy atom. The SMILES string of the molecule is CCCCCCCCCCCCCCCCCCCCCCCC/C=C/C(O)C(COC1OC(CO)C(OC2OC(CO)C(OC3OC(CO)C(O)C(O)C3O)C(O)C2O)C(O)C1O)NC(=O)CCCCCCC. The maximum Gasteiger partial charge on any atom is 0.220 e. The van der Waals surface area contributed by atoms with E-state index in [1.165, 1.54) is 122 Å². The number of rotatable bonds is 42. The molecule has 3 rings (SSSR count). The van der Waals surface area contributed by atoms with Gasteiger partial charge in [0.05, 0.1) is 38.6 Å². The van der Waals surface area contributed by atoms with E-state index in [1.807, 2.05) is 6.08 Å². The molecule has 0 aromatic carbocycles. The largest absolute Gasteiger partial charge is 0.394 e. The van der Waals surface area contributed by atoms with Gasteiger partial charge in [0.2, 0.25) is 5.91 Å². The van der Waals surface area contributed by atoms with Crippen LogP contribution in [0.25, 0.3) is 0 Å². The molecule has 19 heteroatoms. The fourth-order valence-corrected chi connectivity index (χ4v) is 10.0. The summed E-state index contributed by atoms with van der Waals surface area (Å²) in [4.78, 5) is 13.1. The molecule has 3 aliphatic rings. The van der Waals surface area contributed by atoms with Crippen molar-refractivity contribution < 1.29 is 89.4 Å². The van der Waals surface area contributed by atoms with Crippen molar-refractivity contribution in [2.24, 2.45) is 0 Å². The van der Waals surface area contributed by atoms with Crippen molar-refractivity contribution in [3.05, 3.63) is 12.2 Å². The lowest BCUT2D eigenvalue weighted by Crippen LogP contribution is -2.66. The predicted molar refractivity (Wildman–Crippen MR) is 277 cm³/mol. The third kappa shape index (κ3) is 24.3. The average molecular weight is 1070 g/mol. The predicted octanol–water partition coefficient (Wildman–Crippen LogP) is 4.21. The number of amides is 1. The molecule has 0 bridgehead atoms. The number of carbonyl (C=O) groups is 1. The zero-order valence-electron chi connectivity index (χ0n) is 45.1. The second-order valence-corrected chi connectivity index (χ2v) is 21.1. The van der Waals surface area contributed by atoms with E-state index in [-0.39, 0.29) is 18.9 Å². The van der Waals surface area contributed by atoms with Gasteiger partial charge in [0.25, 0.3) is 0 Å². The molecule has 17 atom stereocenters. The third-order valence-corrected chi connectivity index (χ3v) is 14.8. The Labute approximate surface area is 442 Å². The van der Waals surface area contributed by atoms with Crippen LogP contribution in [0.2, 0.25) is 0 Å². The van der Waals surface area contributed by atoms with Gasteiger partial charge in [-0.1, -0.05) is 187 Å². The number of aliphatic hydroxyl groups excluding tert-OH is 11. The van der Waals surface area contributed by atoms with Crippen molar-refractivity contribution in [2.75, 3.05) is 26.4 Å². The molecule has 436 valence electrons. The van der Waals surface area contributed by atoms with Crippen LogP contribution >= 0.6 is 0 Å². The molecule has 3 fully saturated rings. The summed E-state index contributed by atoms with van der Waals surface area (Å²) in [7, 11) is 0. The van der Waals surface area contributed by atoms with Gasteiger partial charge >= 0.3 is 0 Å². The molecule has 3 heterocycles. The maximum absolute atomic E-state index is 13.1. The highest BCUT2D eigenvalue weighted by molar-refractivity contribution is 5.76. The monoisotopic (exact) mass is 1070 g/mol. The van der Waals surface area contributed by atoms with Gasteiger partial charge in [0, 0.05) is 6.42 Å². The van der Waals surface area contributed by atoms with Gasteiger partial charge in [-0.2, -0.15) is 0 Å². The van der Waals surface area contributed by atoms with Gasteiger partial charge in [0.15, 0.2) is 18.9 Å². The molecule has 19 nitrogen and oxygen atoms in total. The molecule has 0 spiro atoms. The van der Waals surface area contributed by atoms with E-state index in [0.717, 1.165) is 51.4 Å². The minimum atomic E-state index is -1.97. The van der Waals surface area contributed by atoms with Crippen LogP contribution < -0.4 is 5.32 Å². The fraction of sp³-hybridized carbons (Fsp3) is 0.945. The summed E-state index contributed by atoms with van der Waals surface area (Å²) in [5.41, 5.74) is 0. The van der Waals surface area contributed by atoms with Crippen molar-refractivity contribution >= 4 is 5.91 Å². The van der Waals surface area contributed by atoms with Crippen LogP contribution in [0, 0.1) is 0 Å². The molecule has 0 saturated carbocycles. The van der Waals surface area contributed by atoms with E-state index in [2.05, 4.69) is 19.2 Å². The molecule has 17 unspecified atom stereocenters. The van der Waals surface area contributed by atoms with E-state index < -0.39 is 124 Å². The standard InChI is InChI=1S/C55H103NO18/c1-3-5-7-9-10-11-12-13-14-15-16-17-18-19-20-21-22-23-24-25-26-27-29-30-32-39(60)38(56-43(61)33-31-28-8-6-4-2)37-69-53-49(67)46(64)51(41(35-58)71-53)74-55-50(68)47(65)52(42(36-59)72-55)73-54-48(66)45(63)44(62)40(34-57)70-54/h30,32,38-42,44-55,57-60,62-68H,3-29,31,33-37H2,1-2H3,(H,56,61)/b32-30+. The molecule has 0 aromatic heterocycles. The Balaban J connectivity index is 1.42. The van der Waals surface area contributed by atoms with Crippen LogP contribution in [0.3, 0.4) is 0 Å². The van der Waals surface area contributed by atoms with Gasteiger partial charge in [-0.3, -0.25) is 4.79 Å². The Morgan fingerprint density at radius 1 is 0.473 bits per heavy atom. The van der Waals surface area contributed by atoms with Gasteiger partial charge in [-0.25, -0.2) is 0 Å². The summed E-state index contributed by atoms with van der Waals surface area (Å²) < 4.78 is 34.1. The summed E-state index contributed by atoms with van der Waals surface area (Å²) in [6.07, 6.45) is 11.4. The number of aliphatic hydroxyl groups is 11. The molecular formula is C55H103NO18. The smallest absolute Gasteiger partial charge is 0.220 e. The average Bonchev–Trinajstić information content (AvgIpc) is 3.39. The van der Waals surface area contributed by atoms with Crippen LogP contribution in [0.4, 0.5) is 0 Å². The molecule has 1 amide bonds. The van der Waals surface area contributed by atoms with Gasteiger partial charge in [-0.15, -0.1) is 0 Å². The summed E-state index contributed by atoms with van der Waals surface area (Å²) in [6.45, 7) is 1.62. The first-order valence-corrected chi connectivity index (χ1v) is 28.9. The second kappa shape index (κ2) is 39.8. The highest BCUT2D eigenvalue weighted by Crippen LogP contribution is 2.33. The van der Waals surface area contributed by atoms with E-state index in [1.54, 1.807) is 6.08 Å². The van der Waals surface area contributed by atoms with E-state index in [0.29, 0.717) is 6.42 Å². The quantitative estimate of drug-likeness (QED) is 0.0301. The molecule has 0 aromatic rings. The van der Waals surface area contributed by atoms with Crippen molar-refractivity contribution in [1.29, 1.82) is 0 Å². The highest BCUT2D eigenvalue weighted by atomic mass is 16.8. The molecular weight excluding hydrogens is 963 g/mol. The Hall–Kier alpha value is -1.47. The Morgan fingerprint density at radius 2 is 0.838 bits per heavy atom. The molecule has 12 N–H and O–H groups in total. The highest BCUT2D eigenvalue weighted by Gasteiger charge is 2.53. The molecule has 3 saturated heterocycles. The van der Waals surface area contributed by atoms with Gasteiger partial charge in [0.1, 0.15) is 73.2 Å². The molecule has 74 heavy (non-hydrogen) atoms. The topological polar surface area (TPSA) is 307 Å². The Kier molecular flexibility index (Phi) is 35.9. The second-order valence-electron chi connectivity index (χ2n) is 21.1. The summed E-state index contributed by atoms with van der Waals surface area (Å²) >= 11 is 0. The molecule has 0 aliphatic carbocycles. The normalized spacial score (nSPS) is 31.5. The minimum Gasteiger partial charge on any atom is -0.394 e. The molecule has 0 radical (unpaired) electrons. The number of ether oxygens (including phenoxy) is 6. The third-order valence-electron chi connectivity index (χ3n) is 14.8. The number of hydrogen-bond acceptors (Lipinski definition) is 18. The summed E-state index contributed by atoms with van der Waals surface area (Å²) in [6, 6.07) is -0.964. The lowest BCUT2D eigenvalue weighted by molar-refractivity contribution is -0.379. The fourth-order valence-electron chi connectivity index (χ4n) is 10.0. The number of allylic oxidation sites excluding steroid dienone is 1. The summed E-state index contributed by atoms with van der Waals surface area (Å²) in [5.74, 6) is -0.288. The lowest BCUT2D eigenvalue weighted by Gasteiger charge is -2.48. The van der Waals surface area contributed by atoms with Crippen LogP contribution in [-0.4, -0.2) is 193 Å². The van der Waals surface area contributed by atoms with E-state index >= 15 is 0 Å². The first-order valence-electron chi connectivity index (χ1n) is 28.9. The first kappa shape index (κ1) is 66.8. The zero-order chi connectivity index (χ0) is 54.1. The van der Waals surface area contributed by atoms with Crippen LogP contribution in [0.15, 0.2) is 12.2 Å². The van der Waals surface area contributed by atoms with Crippen molar-refractivity contribution in [2.45, 2.75) is 304 Å². The number of nitrogens with one attached hydrogen (secondary N) is 1. The maximum atomic E-state index is 13.1. The van der Waals surface area contributed by atoms with Gasteiger partial charge in [-0.05, 0) is 19.3 Å². The summed E-state index contributed by atoms with van der Waals surface area (Å²) in [5, 5.41) is 119. The lowest BCUT2D eigenvalue weighted by atomic mass is 9.96. The van der Waals surface area contributed by atoms with E-state index in [4.69, 9.17) is 28.4 Å². The van der Waals surface area contributed by atoms with Crippen molar-refractivity contribution in [3.8, 4) is 0 Å². The first-order chi connectivity index (χ1) is 35.8. The van der Waals surface area contributed by atoms with E-state index in [9.17, 15) is 61.0 Å². The minimum absolute atomic E-state index is 0.241. The van der Waals surface area contributed by atoms with Crippen LogP contribution in [0.1, 0.15) is 200 Å². The van der Waals surface area contributed by atoms with Crippen molar-refractivity contribution in [1.82, 2.24) is 5.32 Å². The number of unbranched alkanes of at least 4 members (excludes halogenated alkanes) is 26. The number of carbonyl (C=O) groups excluding carboxylic acids is 1. The Bertz CT molecular complexity index is 1410. The van der Waals surface area contributed by atoms with Crippen LogP contribution in [0.5, 0.6) is 0 Å².